The van der Waals surface area contributed by atoms with E-state index >= 15 is 0 Å². The molecule has 1 aliphatic rings. The number of amidine groups is 1. The topological polar surface area (TPSA) is 85.0 Å². The molecule has 1 saturated heterocycles. The number of para-hydroxylation sites is 2. The lowest BCUT2D eigenvalue weighted by Crippen LogP contribution is -2.30. The third kappa shape index (κ3) is 5.72. The average molecular weight is 472 g/mol. The fourth-order valence-corrected chi connectivity index (χ4v) is 4.59. The van der Waals surface area contributed by atoms with Crippen molar-refractivity contribution in [3.05, 3.63) is 68.6 Å². The van der Waals surface area contributed by atoms with Crippen LogP contribution in [0.4, 0.5) is 11.4 Å². The lowest BCUT2D eigenvalue weighted by Gasteiger charge is -2.15. The molecule has 2 aromatic carbocycles. The first-order valence-electron chi connectivity index (χ1n) is 10.2. The summed E-state index contributed by atoms with van der Waals surface area (Å²) < 4.78 is 5.68. The number of aryl methyl sites for hydroxylation is 1. The fraction of sp³-hybridized carbons (Fsp3) is 0.304. The zero-order chi connectivity index (χ0) is 23.1. The summed E-state index contributed by atoms with van der Waals surface area (Å²) in [5.41, 5.74) is 1.88. The molecule has 0 unspecified atom stereocenters. The van der Waals surface area contributed by atoms with E-state index in [4.69, 9.17) is 9.73 Å². The van der Waals surface area contributed by atoms with E-state index in [0.717, 1.165) is 12.2 Å². The SMILES string of the molecule is CCOc1ccccc1N=C1SC(=Cc2ccc(C)c([N+](=O)[O-])c2)C(=O)N1CCCSC. The predicted octanol–water partition coefficient (Wildman–Crippen LogP) is 5.66. The molecule has 0 aromatic heterocycles. The number of benzene rings is 2. The molecule has 7 nitrogen and oxygen atoms in total. The molecule has 1 heterocycles. The third-order valence-electron chi connectivity index (χ3n) is 4.73. The molecule has 3 rings (SSSR count). The van der Waals surface area contributed by atoms with E-state index in [1.807, 2.05) is 37.4 Å². The maximum atomic E-state index is 13.2. The third-order valence-corrected chi connectivity index (χ3v) is 6.43. The van der Waals surface area contributed by atoms with Gasteiger partial charge in [0.05, 0.1) is 16.4 Å². The lowest BCUT2D eigenvalue weighted by molar-refractivity contribution is -0.385. The van der Waals surface area contributed by atoms with E-state index in [1.54, 1.807) is 41.8 Å². The molecule has 0 saturated carbocycles. The van der Waals surface area contributed by atoms with E-state index in [-0.39, 0.29) is 11.6 Å². The highest BCUT2D eigenvalue weighted by atomic mass is 32.2. The molecule has 0 N–H and O–H groups in total. The maximum absolute atomic E-state index is 13.2. The Labute approximate surface area is 196 Å². The van der Waals surface area contributed by atoms with Crippen molar-refractivity contribution in [3.63, 3.8) is 0 Å². The number of hydrogen-bond donors (Lipinski definition) is 0. The van der Waals surface area contributed by atoms with Crippen molar-refractivity contribution in [2.75, 3.05) is 25.2 Å². The van der Waals surface area contributed by atoms with E-state index in [9.17, 15) is 14.9 Å². The van der Waals surface area contributed by atoms with Gasteiger partial charge in [0, 0.05) is 18.2 Å². The predicted molar refractivity (Wildman–Crippen MR) is 133 cm³/mol. The van der Waals surface area contributed by atoms with Gasteiger partial charge in [-0.25, -0.2) is 4.99 Å². The van der Waals surface area contributed by atoms with Crippen LogP contribution in [0, 0.1) is 17.0 Å². The zero-order valence-corrected chi connectivity index (χ0v) is 19.9. The molecule has 1 aliphatic heterocycles. The molecule has 0 atom stereocenters. The number of carbonyl (C=O) groups excluding carboxylic acids is 1. The molecular formula is C23H25N3O4S2. The van der Waals surface area contributed by atoms with Crippen molar-refractivity contribution in [2.45, 2.75) is 20.3 Å². The number of hydrogen-bond acceptors (Lipinski definition) is 7. The first kappa shape index (κ1) is 23.9. The number of nitrogens with zero attached hydrogens (tertiary/aromatic N) is 3. The van der Waals surface area contributed by atoms with Gasteiger partial charge in [-0.2, -0.15) is 11.8 Å². The fourth-order valence-electron chi connectivity index (χ4n) is 3.15. The molecule has 2 aromatic rings. The zero-order valence-electron chi connectivity index (χ0n) is 18.2. The summed E-state index contributed by atoms with van der Waals surface area (Å²) in [6, 6.07) is 12.4. The van der Waals surface area contributed by atoms with Crippen LogP contribution in [0.15, 0.2) is 52.4 Å². The number of nitro groups is 1. The summed E-state index contributed by atoms with van der Waals surface area (Å²) in [4.78, 5) is 31.0. The van der Waals surface area contributed by atoms with Crippen molar-refractivity contribution < 1.29 is 14.5 Å². The number of carbonyl (C=O) groups is 1. The lowest BCUT2D eigenvalue weighted by atomic mass is 10.1. The quantitative estimate of drug-likeness (QED) is 0.203. The number of amides is 1. The van der Waals surface area contributed by atoms with Gasteiger partial charge in [0.15, 0.2) is 5.17 Å². The Balaban J connectivity index is 1.97. The van der Waals surface area contributed by atoms with Gasteiger partial charge in [0.25, 0.3) is 11.6 Å². The minimum absolute atomic E-state index is 0.0335. The summed E-state index contributed by atoms with van der Waals surface area (Å²) in [6.45, 7) is 4.67. The first-order valence-corrected chi connectivity index (χ1v) is 12.4. The van der Waals surface area contributed by atoms with Crippen LogP contribution in [0.5, 0.6) is 5.75 Å². The highest BCUT2D eigenvalue weighted by Gasteiger charge is 2.33. The largest absolute Gasteiger partial charge is 0.492 e. The minimum atomic E-state index is -0.410. The summed E-state index contributed by atoms with van der Waals surface area (Å²) in [5, 5.41) is 11.9. The summed E-state index contributed by atoms with van der Waals surface area (Å²) in [6.07, 6.45) is 4.56. The molecule has 1 amide bonds. The summed E-state index contributed by atoms with van der Waals surface area (Å²) in [5.74, 6) is 1.44. The summed E-state index contributed by atoms with van der Waals surface area (Å²) >= 11 is 3.00. The van der Waals surface area contributed by atoms with Crippen LogP contribution in [0.3, 0.4) is 0 Å². The van der Waals surface area contributed by atoms with Gasteiger partial charge in [-0.3, -0.25) is 19.8 Å². The molecule has 9 heteroatoms. The van der Waals surface area contributed by atoms with Crippen molar-refractivity contribution in [1.82, 2.24) is 4.90 Å². The highest BCUT2D eigenvalue weighted by molar-refractivity contribution is 8.18. The van der Waals surface area contributed by atoms with Gasteiger partial charge in [-0.15, -0.1) is 0 Å². The van der Waals surface area contributed by atoms with Crippen molar-refractivity contribution in [2.24, 2.45) is 4.99 Å². The molecule has 0 spiro atoms. The number of nitro benzene ring substituents is 1. The second-order valence-electron chi connectivity index (χ2n) is 7.01. The van der Waals surface area contributed by atoms with Crippen molar-refractivity contribution >= 4 is 52.0 Å². The molecular weight excluding hydrogens is 446 g/mol. The maximum Gasteiger partial charge on any atom is 0.272 e. The van der Waals surface area contributed by atoms with E-state index < -0.39 is 4.92 Å². The van der Waals surface area contributed by atoms with Crippen LogP contribution in [0.2, 0.25) is 0 Å². The van der Waals surface area contributed by atoms with Gasteiger partial charge in [-0.05, 0) is 67.8 Å². The Morgan fingerprint density at radius 2 is 2.06 bits per heavy atom. The van der Waals surface area contributed by atoms with Gasteiger partial charge >= 0.3 is 0 Å². The Kier molecular flexibility index (Phi) is 8.35. The Morgan fingerprint density at radius 1 is 1.28 bits per heavy atom. The smallest absolute Gasteiger partial charge is 0.272 e. The molecule has 32 heavy (non-hydrogen) atoms. The number of ether oxygens (including phenoxy) is 1. The van der Waals surface area contributed by atoms with Gasteiger partial charge in [-0.1, -0.05) is 24.3 Å². The minimum Gasteiger partial charge on any atom is -0.492 e. The van der Waals surface area contributed by atoms with Gasteiger partial charge in [0.2, 0.25) is 0 Å². The summed E-state index contributed by atoms with van der Waals surface area (Å²) in [7, 11) is 0. The standard InChI is InChI=1S/C23H25N3O4S2/c1-4-30-20-9-6-5-8-18(20)24-23-25(12-7-13-31-3)22(27)21(32-23)15-17-11-10-16(2)19(14-17)26(28)29/h5-6,8-11,14-15H,4,7,12-13H2,1-3H3. The van der Waals surface area contributed by atoms with Crippen LogP contribution in [0.1, 0.15) is 24.5 Å². The van der Waals surface area contributed by atoms with Crippen LogP contribution in [-0.4, -0.2) is 46.1 Å². The normalized spacial score (nSPS) is 16.2. The van der Waals surface area contributed by atoms with E-state index in [1.165, 1.54) is 17.8 Å². The number of thioether (sulfide) groups is 2. The van der Waals surface area contributed by atoms with Crippen LogP contribution < -0.4 is 4.74 Å². The average Bonchev–Trinajstić information content (AvgIpc) is 3.05. The Hall–Kier alpha value is -2.78. The Morgan fingerprint density at radius 3 is 2.78 bits per heavy atom. The Bertz CT molecular complexity index is 1070. The van der Waals surface area contributed by atoms with Crippen molar-refractivity contribution in [1.29, 1.82) is 0 Å². The second kappa shape index (κ2) is 11.2. The van der Waals surface area contributed by atoms with Crippen LogP contribution in [-0.2, 0) is 4.79 Å². The molecule has 168 valence electrons. The first-order chi connectivity index (χ1) is 15.4. The van der Waals surface area contributed by atoms with Crippen molar-refractivity contribution in [3.8, 4) is 5.75 Å². The second-order valence-corrected chi connectivity index (χ2v) is 9.01. The highest BCUT2D eigenvalue weighted by Crippen LogP contribution is 2.37. The van der Waals surface area contributed by atoms with Crippen LogP contribution >= 0.6 is 23.5 Å². The van der Waals surface area contributed by atoms with E-state index in [0.29, 0.717) is 45.8 Å². The van der Waals surface area contributed by atoms with Gasteiger partial charge < -0.3 is 4.74 Å². The molecule has 0 aliphatic carbocycles. The molecule has 0 radical (unpaired) electrons. The molecule has 0 bridgehead atoms. The monoisotopic (exact) mass is 471 g/mol. The molecule has 1 fully saturated rings. The van der Waals surface area contributed by atoms with Crippen LogP contribution in [0.25, 0.3) is 6.08 Å². The van der Waals surface area contributed by atoms with Gasteiger partial charge in [0.1, 0.15) is 11.4 Å². The number of aliphatic imine (C=N–C) groups is 1. The number of rotatable bonds is 9. The van der Waals surface area contributed by atoms with E-state index in [2.05, 4.69) is 0 Å².